The van der Waals surface area contributed by atoms with Crippen LogP contribution in [-0.2, 0) is 4.79 Å². The van der Waals surface area contributed by atoms with E-state index in [4.69, 9.17) is 0 Å². The largest absolute Gasteiger partial charge is 0.339 e. The summed E-state index contributed by atoms with van der Waals surface area (Å²) in [5.41, 5.74) is -0.0602. The second-order valence-electron chi connectivity index (χ2n) is 5.73. The third-order valence-corrected chi connectivity index (χ3v) is 4.13. The van der Waals surface area contributed by atoms with Crippen LogP contribution in [-0.4, -0.2) is 36.5 Å². The lowest BCUT2D eigenvalue weighted by molar-refractivity contribution is -0.144. The molecule has 1 saturated carbocycles. The van der Waals surface area contributed by atoms with E-state index in [1.165, 1.54) is 19.3 Å². The van der Waals surface area contributed by atoms with Crippen molar-refractivity contribution in [2.75, 3.05) is 19.6 Å². The normalized spacial score (nSPS) is 30.1. The standard InChI is InChI=1S/C13H24N2O/c1-11-10-15(9-8-14-11)12(16)13(2)6-4-3-5-7-13/h11,14H,3-10H2,1-2H3. The summed E-state index contributed by atoms with van der Waals surface area (Å²) in [6.45, 7) is 7.04. The Hall–Kier alpha value is -0.570. The summed E-state index contributed by atoms with van der Waals surface area (Å²) in [7, 11) is 0. The third kappa shape index (κ3) is 2.40. The van der Waals surface area contributed by atoms with E-state index in [-0.39, 0.29) is 5.41 Å². The van der Waals surface area contributed by atoms with Gasteiger partial charge in [-0.25, -0.2) is 0 Å². The fourth-order valence-electron chi connectivity index (χ4n) is 3.04. The zero-order valence-electron chi connectivity index (χ0n) is 10.6. The van der Waals surface area contributed by atoms with Gasteiger partial charge in [-0.1, -0.05) is 26.2 Å². The van der Waals surface area contributed by atoms with Crippen LogP contribution in [0.15, 0.2) is 0 Å². The quantitative estimate of drug-likeness (QED) is 0.736. The molecule has 0 radical (unpaired) electrons. The molecule has 16 heavy (non-hydrogen) atoms. The summed E-state index contributed by atoms with van der Waals surface area (Å²) in [6, 6.07) is 0.449. The first-order chi connectivity index (χ1) is 7.62. The summed E-state index contributed by atoms with van der Waals surface area (Å²) in [6.07, 6.45) is 5.93. The molecule has 1 unspecified atom stereocenters. The number of piperazine rings is 1. The van der Waals surface area contributed by atoms with E-state index in [2.05, 4.69) is 24.1 Å². The van der Waals surface area contributed by atoms with Gasteiger partial charge in [-0.15, -0.1) is 0 Å². The summed E-state index contributed by atoms with van der Waals surface area (Å²) in [5.74, 6) is 0.403. The number of amides is 1. The van der Waals surface area contributed by atoms with Crippen molar-refractivity contribution in [1.82, 2.24) is 10.2 Å². The molecular formula is C13H24N2O. The van der Waals surface area contributed by atoms with Gasteiger partial charge in [-0.05, 0) is 19.8 Å². The van der Waals surface area contributed by atoms with Gasteiger partial charge in [0.25, 0.3) is 0 Å². The molecule has 0 aromatic heterocycles. The minimum atomic E-state index is -0.0602. The number of nitrogens with zero attached hydrogens (tertiary/aromatic N) is 1. The summed E-state index contributed by atoms with van der Waals surface area (Å²) >= 11 is 0. The molecule has 1 aliphatic heterocycles. The number of carbonyl (C=O) groups excluding carboxylic acids is 1. The van der Waals surface area contributed by atoms with Crippen LogP contribution < -0.4 is 5.32 Å². The Morgan fingerprint density at radius 1 is 1.31 bits per heavy atom. The highest BCUT2D eigenvalue weighted by molar-refractivity contribution is 5.82. The lowest BCUT2D eigenvalue weighted by Crippen LogP contribution is -2.55. The topological polar surface area (TPSA) is 32.3 Å². The van der Waals surface area contributed by atoms with Gasteiger partial charge in [-0.2, -0.15) is 0 Å². The first kappa shape index (κ1) is 11.9. The average molecular weight is 224 g/mol. The molecule has 1 aliphatic carbocycles. The number of hydrogen-bond acceptors (Lipinski definition) is 2. The summed E-state index contributed by atoms with van der Waals surface area (Å²) < 4.78 is 0. The molecule has 1 saturated heterocycles. The Morgan fingerprint density at radius 2 is 2.00 bits per heavy atom. The van der Waals surface area contributed by atoms with Crippen LogP contribution in [0.25, 0.3) is 0 Å². The Kier molecular flexibility index (Phi) is 3.53. The van der Waals surface area contributed by atoms with Gasteiger partial charge in [0, 0.05) is 31.1 Å². The van der Waals surface area contributed by atoms with Gasteiger partial charge in [0.05, 0.1) is 0 Å². The smallest absolute Gasteiger partial charge is 0.228 e. The van der Waals surface area contributed by atoms with Crippen molar-refractivity contribution in [3.8, 4) is 0 Å². The fourth-order valence-corrected chi connectivity index (χ4v) is 3.04. The first-order valence-corrected chi connectivity index (χ1v) is 6.65. The van der Waals surface area contributed by atoms with Crippen LogP contribution in [0, 0.1) is 5.41 Å². The maximum atomic E-state index is 12.5. The van der Waals surface area contributed by atoms with Crippen LogP contribution in [0.3, 0.4) is 0 Å². The highest BCUT2D eigenvalue weighted by Gasteiger charge is 2.38. The molecule has 1 amide bonds. The first-order valence-electron chi connectivity index (χ1n) is 6.65. The molecule has 1 atom stereocenters. The fraction of sp³-hybridized carbons (Fsp3) is 0.923. The molecule has 2 rings (SSSR count). The maximum Gasteiger partial charge on any atom is 0.228 e. The molecular weight excluding hydrogens is 200 g/mol. The van der Waals surface area contributed by atoms with Crippen molar-refractivity contribution in [3.05, 3.63) is 0 Å². The molecule has 1 N–H and O–H groups in total. The highest BCUT2D eigenvalue weighted by atomic mass is 16.2. The zero-order chi connectivity index (χ0) is 11.6. The van der Waals surface area contributed by atoms with Gasteiger partial charge in [-0.3, -0.25) is 4.79 Å². The van der Waals surface area contributed by atoms with Gasteiger partial charge in [0.1, 0.15) is 0 Å². The average Bonchev–Trinajstić information content (AvgIpc) is 2.29. The van der Waals surface area contributed by atoms with E-state index in [1.807, 2.05) is 0 Å². The number of rotatable bonds is 1. The van der Waals surface area contributed by atoms with Crippen LogP contribution >= 0.6 is 0 Å². The highest BCUT2D eigenvalue weighted by Crippen LogP contribution is 2.37. The Balaban J connectivity index is 1.99. The van der Waals surface area contributed by atoms with Crippen molar-refractivity contribution in [2.45, 2.75) is 52.0 Å². The van der Waals surface area contributed by atoms with E-state index in [1.54, 1.807) is 0 Å². The summed E-state index contributed by atoms with van der Waals surface area (Å²) in [5, 5.41) is 3.39. The molecule has 0 spiro atoms. The van der Waals surface area contributed by atoms with E-state index >= 15 is 0 Å². The molecule has 2 fully saturated rings. The Labute approximate surface area is 98.6 Å². The van der Waals surface area contributed by atoms with Crippen LogP contribution in [0.5, 0.6) is 0 Å². The molecule has 0 aromatic carbocycles. The van der Waals surface area contributed by atoms with Gasteiger partial charge < -0.3 is 10.2 Å². The maximum absolute atomic E-state index is 12.5. The third-order valence-electron chi connectivity index (χ3n) is 4.13. The number of hydrogen-bond donors (Lipinski definition) is 1. The molecule has 3 nitrogen and oxygen atoms in total. The van der Waals surface area contributed by atoms with Crippen molar-refractivity contribution in [1.29, 1.82) is 0 Å². The van der Waals surface area contributed by atoms with E-state index < -0.39 is 0 Å². The van der Waals surface area contributed by atoms with Gasteiger partial charge in [0.2, 0.25) is 5.91 Å². The predicted molar refractivity (Wildman–Crippen MR) is 65.2 cm³/mol. The Morgan fingerprint density at radius 3 is 2.62 bits per heavy atom. The van der Waals surface area contributed by atoms with Crippen molar-refractivity contribution < 1.29 is 4.79 Å². The SMILES string of the molecule is CC1CN(C(=O)C2(C)CCCCC2)CCN1. The van der Waals surface area contributed by atoms with Crippen molar-refractivity contribution >= 4 is 5.91 Å². The van der Waals surface area contributed by atoms with Crippen LogP contribution in [0.2, 0.25) is 0 Å². The monoisotopic (exact) mass is 224 g/mol. The molecule has 0 aromatic rings. The molecule has 3 heteroatoms. The van der Waals surface area contributed by atoms with E-state index in [0.717, 1.165) is 32.5 Å². The molecule has 1 heterocycles. The second kappa shape index (κ2) is 4.74. The van der Waals surface area contributed by atoms with Crippen molar-refractivity contribution in [2.24, 2.45) is 5.41 Å². The Bertz CT molecular complexity index is 259. The number of carbonyl (C=O) groups is 1. The van der Waals surface area contributed by atoms with E-state index in [0.29, 0.717) is 11.9 Å². The van der Waals surface area contributed by atoms with Crippen molar-refractivity contribution in [3.63, 3.8) is 0 Å². The minimum Gasteiger partial charge on any atom is -0.339 e. The molecule has 2 aliphatic rings. The minimum absolute atomic E-state index is 0.0602. The van der Waals surface area contributed by atoms with Crippen LogP contribution in [0.1, 0.15) is 46.0 Å². The lowest BCUT2D eigenvalue weighted by Gasteiger charge is -2.40. The van der Waals surface area contributed by atoms with Gasteiger partial charge in [0.15, 0.2) is 0 Å². The molecule has 0 bridgehead atoms. The van der Waals surface area contributed by atoms with E-state index in [9.17, 15) is 4.79 Å². The van der Waals surface area contributed by atoms with Gasteiger partial charge >= 0.3 is 0 Å². The second-order valence-corrected chi connectivity index (χ2v) is 5.73. The molecule has 92 valence electrons. The lowest BCUT2D eigenvalue weighted by atomic mass is 9.74. The summed E-state index contributed by atoms with van der Waals surface area (Å²) in [4.78, 5) is 14.6. The number of nitrogens with one attached hydrogen (secondary N) is 1. The van der Waals surface area contributed by atoms with Crippen LogP contribution in [0.4, 0.5) is 0 Å². The predicted octanol–water partition coefficient (Wildman–Crippen LogP) is 1.78. The zero-order valence-corrected chi connectivity index (χ0v) is 10.6.